The molecule has 1 aromatic heterocycles. The van der Waals surface area contributed by atoms with Crippen molar-refractivity contribution in [2.24, 2.45) is 4.99 Å². The number of aliphatic imine (C=N–C) groups is 1. The predicted molar refractivity (Wildman–Crippen MR) is 102 cm³/mol. The summed E-state index contributed by atoms with van der Waals surface area (Å²) in [6.45, 7) is -1.07. The highest BCUT2D eigenvalue weighted by molar-refractivity contribution is 14.0. The third kappa shape index (κ3) is 7.93. The number of nitrogens with zero attached hydrogens (tertiary/aromatic N) is 2. The molecule has 0 radical (unpaired) electrons. The van der Waals surface area contributed by atoms with Crippen molar-refractivity contribution in [1.29, 1.82) is 0 Å². The van der Waals surface area contributed by atoms with Gasteiger partial charge in [0.25, 0.3) is 0 Å². The lowest BCUT2D eigenvalue weighted by Gasteiger charge is -2.16. The Morgan fingerprint density at radius 2 is 2.15 bits per heavy atom. The molecular weight excluding hydrogens is 488 g/mol. The van der Waals surface area contributed by atoms with E-state index in [1.54, 1.807) is 13.1 Å². The van der Waals surface area contributed by atoms with Crippen LogP contribution in [-0.2, 0) is 16.4 Å². The summed E-state index contributed by atoms with van der Waals surface area (Å²) >= 11 is 0. The van der Waals surface area contributed by atoms with Gasteiger partial charge in [-0.1, -0.05) is 6.07 Å². The summed E-state index contributed by atoms with van der Waals surface area (Å²) in [7, 11) is -1.43. The second-order valence-electron chi connectivity index (χ2n) is 5.58. The summed E-state index contributed by atoms with van der Waals surface area (Å²) in [5, 5.41) is 6.03. The Balaban J connectivity index is 0.00000338. The molecule has 1 aliphatic rings. The fraction of sp³-hybridized carbons (Fsp3) is 0.571. The van der Waals surface area contributed by atoms with Crippen molar-refractivity contribution >= 4 is 39.8 Å². The normalized spacial score (nSPS) is 19.5. The number of rotatable bonds is 5. The van der Waals surface area contributed by atoms with E-state index >= 15 is 0 Å². The Morgan fingerprint density at radius 1 is 1.42 bits per heavy atom. The maximum absolute atomic E-state index is 12.1. The summed E-state index contributed by atoms with van der Waals surface area (Å²) < 4.78 is 63.6. The maximum atomic E-state index is 12.1. The SMILES string of the molecule is CN=C(NCc1ccc(OCC(F)(F)F)nc1)NC1CCS(=O)(=O)C1.I. The number of aromatic nitrogens is 1. The molecule has 0 amide bonds. The van der Waals surface area contributed by atoms with Crippen molar-refractivity contribution in [3.8, 4) is 5.88 Å². The predicted octanol–water partition coefficient (Wildman–Crippen LogP) is 1.49. The molecule has 0 bridgehead atoms. The zero-order chi connectivity index (χ0) is 18.5. The van der Waals surface area contributed by atoms with Crippen LogP contribution in [0.25, 0.3) is 0 Å². The van der Waals surface area contributed by atoms with Gasteiger partial charge in [-0.2, -0.15) is 13.2 Å². The quantitative estimate of drug-likeness (QED) is 0.356. The Morgan fingerprint density at radius 3 is 2.65 bits per heavy atom. The van der Waals surface area contributed by atoms with Gasteiger partial charge >= 0.3 is 6.18 Å². The van der Waals surface area contributed by atoms with Gasteiger partial charge in [-0.15, -0.1) is 24.0 Å². The largest absolute Gasteiger partial charge is 0.468 e. The van der Waals surface area contributed by atoms with Crippen molar-refractivity contribution in [2.75, 3.05) is 25.2 Å². The Kier molecular flexibility index (Phi) is 8.37. The monoisotopic (exact) mass is 508 g/mol. The number of nitrogens with one attached hydrogen (secondary N) is 2. The third-order valence-electron chi connectivity index (χ3n) is 3.44. The van der Waals surface area contributed by atoms with Crippen molar-refractivity contribution in [3.63, 3.8) is 0 Å². The zero-order valence-corrected chi connectivity index (χ0v) is 17.1. The van der Waals surface area contributed by atoms with Gasteiger partial charge in [0.05, 0.1) is 11.5 Å². The molecule has 26 heavy (non-hydrogen) atoms. The van der Waals surface area contributed by atoms with Crippen LogP contribution in [-0.4, -0.2) is 56.7 Å². The molecule has 2 rings (SSSR count). The molecule has 1 atom stereocenters. The van der Waals surface area contributed by atoms with Crippen LogP contribution < -0.4 is 15.4 Å². The number of hydrogen-bond acceptors (Lipinski definition) is 5. The first-order valence-electron chi connectivity index (χ1n) is 7.49. The molecule has 1 aliphatic heterocycles. The summed E-state index contributed by atoms with van der Waals surface area (Å²) in [6.07, 6.45) is -2.49. The average Bonchev–Trinajstić information content (AvgIpc) is 2.88. The molecule has 1 fully saturated rings. The van der Waals surface area contributed by atoms with E-state index in [0.29, 0.717) is 24.5 Å². The van der Waals surface area contributed by atoms with Crippen molar-refractivity contribution < 1.29 is 26.3 Å². The average molecular weight is 508 g/mol. The van der Waals surface area contributed by atoms with Crippen LogP contribution in [0.2, 0.25) is 0 Å². The van der Waals surface area contributed by atoms with Crippen LogP contribution in [0.5, 0.6) is 5.88 Å². The Hall–Kier alpha value is -1.31. The number of pyridine rings is 1. The van der Waals surface area contributed by atoms with Gasteiger partial charge in [-0.05, 0) is 12.0 Å². The van der Waals surface area contributed by atoms with E-state index in [9.17, 15) is 21.6 Å². The van der Waals surface area contributed by atoms with Gasteiger partial charge in [-0.25, -0.2) is 13.4 Å². The molecule has 1 unspecified atom stereocenters. The van der Waals surface area contributed by atoms with Crippen LogP contribution in [0.1, 0.15) is 12.0 Å². The first kappa shape index (κ1) is 22.7. The molecule has 12 heteroatoms. The van der Waals surface area contributed by atoms with E-state index in [1.165, 1.54) is 12.3 Å². The highest BCUT2D eigenvalue weighted by atomic mass is 127. The standard InChI is InChI=1S/C14H19F3N4O3S.HI/c1-18-13(21-11-4-5-25(22,23)8-11)20-7-10-2-3-12(19-6-10)24-9-14(15,16)17;/h2-3,6,11H,4-5,7-9H2,1H3,(H2,18,20,21);1H. The summed E-state index contributed by atoms with van der Waals surface area (Å²) in [5.74, 6) is 0.560. The third-order valence-corrected chi connectivity index (χ3v) is 5.21. The molecular formula is C14H20F3IN4O3S. The van der Waals surface area contributed by atoms with Gasteiger partial charge in [0.15, 0.2) is 22.4 Å². The molecule has 1 saturated heterocycles. The van der Waals surface area contributed by atoms with E-state index < -0.39 is 22.6 Å². The molecule has 148 valence electrons. The second-order valence-corrected chi connectivity index (χ2v) is 7.81. The zero-order valence-electron chi connectivity index (χ0n) is 13.9. The molecule has 2 heterocycles. The highest BCUT2D eigenvalue weighted by Crippen LogP contribution is 2.17. The minimum atomic E-state index is -4.41. The van der Waals surface area contributed by atoms with Gasteiger partial charge < -0.3 is 15.4 Å². The van der Waals surface area contributed by atoms with Crippen LogP contribution in [0.4, 0.5) is 13.2 Å². The van der Waals surface area contributed by atoms with Crippen LogP contribution in [0, 0.1) is 0 Å². The second kappa shape index (κ2) is 9.58. The van der Waals surface area contributed by atoms with Gasteiger partial charge in [0.1, 0.15) is 0 Å². The number of halogens is 4. The molecule has 0 aromatic carbocycles. The first-order valence-corrected chi connectivity index (χ1v) is 9.31. The molecule has 7 nitrogen and oxygen atoms in total. The summed E-state index contributed by atoms with van der Waals surface area (Å²) in [6, 6.07) is 2.74. The minimum Gasteiger partial charge on any atom is -0.468 e. The van der Waals surface area contributed by atoms with Crippen LogP contribution >= 0.6 is 24.0 Å². The number of ether oxygens (including phenoxy) is 1. The van der Waals surface area contributed by atoms with E-state index in [-0.39, 0.29) is 47.4 Å². The van der Waals surface area contributed by atoms with E-state index in [0.717, 1.165) is 0 Å². The molecule has 0 aliphatic carbocycles. The highest BCUT2D eigenvalue weighted by Gasteiger charge is 2.29. The number of alkyl halides is 3. The first-order chi connectivity index (χ1) is 11.7. The van der Waals surface area contributed by atoms with E-state index in [1.807, 2.05) is 0 Å². The van der Waals surface area contributed by atoms with Crippen molar-refractivity contribution in [3.05, 3.63) is 23.9 Å². The Bertz CT molecular complexity index is 711. The molecule has 0 spiro atoms. The minimum absolute atomic E-state index is 0. The van der Waals surface area contributed by atoms with Gasteiger partial charge in [0, 0.05) is 31.9 Å². The number of guanidine groups is 1. The van der Waals surface area contributed by atoms with Gasteiger partial charge in [0.2, 0.25) is 5.88 Å². The van der Waals surface area contributed by atoms with E-state index in [4.69, 9.17) is 0 Å². The lowest BCUT2D eigenvalue weighted by Crippen LogP contribution is -2.43. The van der Waals surface area contributed by atoms with E-state index in [2.05, 4.69) is 25.3 Å². The molecule has 2 N–H and O–H groups in total. The maximum Gasteiger partial charge on any atom is 0.422 e. The topological polar surface area (TPSA) is 92.7 Å². The lowest BCUT2D eigenvalue weighted by molar-refractivity contribution is -0.154. The molecule has 1 aromatic rings. The Labute approximate surface area is 166 Å². The summed E-state index contributed by atoms with van der Waals surface area (Å²) in [5.41, 5.74) is 0.710. The fourth-order valence-corrected chi connectivity index (χ4v) is 3.91. The fourth-order valence-electron chi connectivity index (χ4n) is 2.24. The van der Waals surface area contributed by atoms with Crippen LogP contribution in [0.15, 0.2) is 23.3 Å². The number of sulfone groups is 1. The van der Waals surface area contributed by atoms with Crippen molar-refractivity contribution in [1.82, 2.24) is 15.6 Å². The number of hydrogen-bond donors (Lipinski definition) is 2. The van der Waals surface area contributed by atoms with Crippen LogP contribution in [0.3, 0.4) is 0 Å². The smallest absolute Gasteiger partial charge is 0.422 e. The lowest BCUT2D eigenvalue weighted by atomic mass is 10.2. The molecule has 0 saturated carbocycles. The summed E-state index contributed by atoms with van der Waals surface area (Å²) in [4.78, 5) is 7.82. The van der Waals surface area contributed by atoms with Gasteiger partial charge in [-0.3, -0.25) is 4.99 Å². The van der Waals surface area contributed by atoms with Crippen molar-refractivity contribution in [2.45, 2.75) is 25.2 Å².